The second-order valence-electron chi connectivity index (χ2n) is 3.92. The zero-order chi connectivity index (χ0) is 11.9. The highest BCUT2D eigenvalue weighted by Gasteiger charge is 2.05. The van der Waals surface area contributed by atoms with Crippen LogP contribution >= 0.6 is 0 Å². The minimum Gasteiger partial charge on any atom is -0.387 e. The van der Waals surface area contributed by atoms with E-state index in [1.165, 1.54) is 5.56 Å². The highest BCUT2D eigenvalue weighted by molar-refractivity contribution is 5.15. The number of nitrogens with one attached hydrogen (secondary N) is 1. The maximum absolute atomic E-state index is 9.90. The number of aliphatic hydroxyl groups excluding tert-OH is 1. The molecule has 1 heterocycles. The summed E-state index contributed by atoms with van der Waals surface area (Å²) in [6.07, 6.45) is 2.88. The second-order valence-corrected chi connectivity index (χ2v) is 3.92. The summed E-state index contributed by atoms with van der Waals surface area (Å²) in [6, 6.07) is 13.8. The van der Waals surface area contributed by atoms with E-state index in [9.17, 15) is 5.11 Å². The first-order chi connectivity index (χ1) is 8.36. The number of aromatic nitrogens is 1. The monoisotopic (exact) mass is 228 g/mol. The first-order valence-electron chi connectivity index (χ1n) is 5.69. The quantitative estimate of drug-likeness (QED) is 0.821. The van der Waals surface area contributed by atoms with Gasteiger partial charge in [-0.15, -0.1) is 0 Å². The average molecular weight is 228 g/mol. The molecule has 1 aromatic heterocycles. The van der Waals surface area contributed by atoms with E-state index >= 15 is 0 Å². The molecule has 0 aliphatic carbocycles. The van der Waals surface area contributed by atoms with Crippen LogP contribution in [0.5, 0.6) is 0 Å². The Morgan fingerprint density at radius 2 is 1.94 bits per heavy atom. The fourth-order valence-electron chi connectivity index (χ4n) is 1.64. The minimum atomic E-state index is -0.507. The van der Waals surface area contributed by atoms with E-state index in [0.29, 0.717) is 6.54 Å². The summed E-state index contributed by atoms with van der Waals surface area (Å²) in [7, 11) is 0. The zero-order valence-corrected chi connectivity index (χ0v) is 9.58. The molecule has 3 nitrogen and oxygen atoms in total. The van der Waals surface area contributed by atoms with Crippen molar-refractivity contribution in [2.75, 3.05) is 6.54 Å². The van der Waals surface area contributed by atoms with Crippen molar-refractivity contribution >= 4 is 0 Å². The predicted molar refractivity (Wildman–Crippen MR) is 67.3 cm³/mol. The molecule has 88 valence electrons. The number of hydrogen-bond acceptors (Lipinski definition) is 3. The smallest absolute Gasteiger partial charge is 0.0929 e. The van der Waals surface area contributed by atoms with E-state index in [-0.39, 0.29) is 0 Å². The van der Waals surface area contributed by atoms with Crippen LogP contribution in [0.3, 0.4) is 0 Å². The molecule has 0 amide bonds. The Hall–Kier alpha value is -1.71. The summed E-state index contributed by atoms with van der Waals surface area (Å²) in [6.45, 7) is 1.29. The number of rotatable bonds is 5. The molecule has 0 aliphatic heterocycles. The van der Waals surface area contributed by atoms with Gasteiger partial charge in [-0.2, -0.15) is 0 Å². The van der Waals surface area contributed by atoms with E-state index in [1.54, 1.807) is 12.4 Å². The Kier molecular flexibility index (Phi) is 4.24. The lowest BCUT2D eigenvalue weighted by molar-refractivity contribution is 0.174. The van der Waals surface area contributed by atoms with Crippen molar-refractivity contribution in [3.63, 3.8) is 0 Å². The SMILES string of the molecule is O[C@@H](CNCc1ccccc1)c1cccnc1. The van der Waals surface area contributed by atoms with Crippen molar-refractivity contribution in [2.45, 2.75) is 12.6 Å². The van der Waals surface area contributed by atoms with E-state index in [2.05, 4.69) is 22.4 Å². The molecule has 3 heteroatoms. The van der Waals surface area contributed by atoms with E-state index in [4.69, 9.17) is 0 Å². The van der Waals surface area contributed by atoms with Crippen LogP contribution < -0.4 is 5.32 Å². The van der Waals surface area contributed by atoms with Crippen LogP contribution in [0.15, 0.2) is 54.9 Å². The summed E-state index contributed by atoms with van der Waals surface area (Å²) in [4.78, 5) is 3.98. The van der Waals surface area contributed by atoms with Crippen LogP contribution in [0.1, 0.15) is 17.2 Å². The topological polar surface area (TPSA) is 45.1 Å². The van der Waals surface area contributed by atoms with E-state index in [1.807, 2.05) is 30.3 Å². The number of nitrogens with zero attached hydrogens (tertiary/aromatic N) is 1. The molecular formula is C14H16N2O. The molecule has 0 saturated heterocycles. The fraction of sp³-hybridized carbons (Fsp3) is 0.214. The minimum absolute atomic E-state index is 0.507. The van der Waals surface area contributed by atoms with Crippen molar-refractivity contribution in [3.05, 3.63) is 66.0 Å². The molecule has 0 unspecified atom stereocenters. The van der Waals surface area contributed by atoms with Crippen molar-refractivity contribution < 1.29 is 5.11 Å². The number of hydrogen-bond donors (Lipinski definition) is 2. The maximum Gasteiger partial charge on any atom is 0.0929 e. The molecule has 0 bridgehead atoms. The van der Waals surface area contributed by atoms with Gasteiger partial charge in [0.15, 0.2) is 0 Å². The van der Waals surface area contributed by atoms with Gasteiger partial charge in [0.2, 0.25) is 0 Å². The molecular weight excluding hydrogens is 212 g/mol. The fourth-order valence-corrected chi connectivity index (χ4v) is 1.64. The molecule has 2 aromatic rings. The first kappa shape index (κ1) is 11.8. The van der Waals surface area contributed by atoms with Crippen molar-refractivity contribution in [1.82, 2.24) is 10.3 Å². The van der Waals surface area contributed by atoms with Gasteiger partial charge < -0.3 is 10.4 Å². The zero-order valence-electron chi connectivity index (χ0n) is 9.58. The van der Waals surface area contributed by atoms with Crippen LogP contribution in [-0.4, -0.2) is 16.6 Å². The van der Waals surface area contributed by atoms with Gasteiger partial charge in [0.05, 0.1) is 6.10 Å². The standard InChI is InChI=1S/C14H16N2O/c17-14(13-7-4-8-15-10-13)11-16-9-12-5-2-1-3-6-12/h1-8,10,14,16-17H,9,11H2/t14-/m0/s1. The van der Waals surface area contributed by atoms with Crippen LogP contribution in [0.25, 0.3) is 0 Å². The molecule has 1 aromatic carbocycles. The molecule has 0 aliphatic rings. The van der Waals surface area contributed by atoms with Gasteiger partial charge in [-0.05, 0) is 11.6 Å². The normalized spacial score (nSPS) is 12.3. The van der Waals surface area contributed by atoms with Gasteiger partial charge >= 0.3 is 0 Å². The highest BCUT2D eigenvalue weighted by atomic mass is 16.3. The van der Waals surface area contributed by atoms with Crippen molar-refractivity contribution in [1.29, 1.82) is 0 Å². The summed E-state index contributed by atoms with van der Waals surface area (Å²) < 4.78 is 0. The van der Waals surface area contributed by atoms with Gasteiger partial charge in [0.1, 0.15) is 0 Å². The lowest BCUT2D eigenvalue weighted by Crippen LogP contribution is -2.21. The lowest BCUT2D eigenvalue weighted by Gasteiger charge is -2.11. The Labute approximate surface area is 101 Å². The largest absolute Gasteiger partial charge is 0.387 e. The third-order valence-electron chi connectivity index (χ3n) is 2.58. The van der Waals surface area contributed by atoms with Crippen molar-refractivity contribution in [2.24, 2.45) is 0 Å². The van der Waals surface area contributed by atoms with Gasteiger partial charge in [-0.3, -0.25) is 4.98 Å². The summed E-state index contributed by atoms with van der Waals surface area (Å²) in [5, 5.41) is 13.1. The molecule has 0 saturated carbocycles. The third-order valence-corrected chi connectivity index (χ3v) is 2.58. The summed E-state index contributed by atoms with van der Waals surface area (Å²) >= 11 is 0. The Morgan fingerprint density at radius 3 is 2.65 bits per heavy atom. The second kappa shape index (κ2) is 6.13. The maximum atomic E-state index is 9.90. The van der Waals surface area contributed by atoms with Gasteiger partial charge in [-0.25, -0.2) is 0 Å². The first-order valence-corrected chi connectivity index (χ1v) is 5.69. The Bertz CT molecular complexity index is 430. The Balaban J connectivity index is 1.79. The van der Waals surface area contributed by atoms with Gasteiger partial charge in [-0.1, -0.05) is 36.4 Å². The summed E-state index contributed by atoms with van der Waals surface area (Å²) in [5.41, 5.74) is 2.05. The molecule has 2 N–H and O–H groups in total. The number of aliphatic hydroxyl groups is 1. The molecule has 17 heavy (non-hydrogen) atoms. The summed E-state index contributed by atoms with van der Waals surface area (Å²) in [5.74, 6) is 0. The van der Waals surface area contributed by atoms with Crippen LogP contribution in [0, 0.1) is 0 Å². The van der Waals surface area contributed by atoms with Crippen molar-refractivity contribution in [3.8, 4) is 0 Å². The van der Waals surface area contributed by atoms with Crippen LogP contribution in [0.2, 0.25) is 0 Å². The molecule has 0 radical (unpaired) electrons. The molecule has 0 fully saturated rings. The third kappa shape index (κ3) is 3.66. The van der Waals surface area contributed by atoms with E-state index in [0.717, 1.165) is 12.1 Å². The molecule has 1 atom stereocenters. The van der Waals surface area contributed by atoms with Gasteiger partial charge in [0.25, 0.3) is 0 Å². The average Bonchev–Trinajstić information content (AvgIpc) is 2.41. The van der Waals surface area contributed by atoms with Crippen LogP contribution in [0.4, 0.5) is 0 Å². The predicted octanol–water partition coefficient (Wildman–Crippen LogP) is 1.90. The van der Waals surface area contributed by atoms with Gasteiger partial charge in [0, 0.05) is 31.0 Å². The van der Waals surface area contributed by atoms with E-state index < -0.39 is 6.10 Å². The molecule has 2 rings (SSSR count). The van der Waals surface area contributed by atoms with Crippen LogP contribution in [-0.2, 0) is 6.54 Å². The number of benzene rings is 1. The Morgan fingerprint density at radius 1 is 1.12 bits per heavy atom. The highest BCUT2D eigenvalue weighted by Crippen LogP contribution is 2.09. The molecule has 0 spiro atoms. The number of pyridine rings is 1. The lowest BCUT2D eigenvalue weighted by atomic mass is 10.1.